The van der Waals surface area contributed by atoms with Gasteiger partial charge in [0.1, 0.15) is 0 Å². The van der Waals surface area contributed by atoms with E-state index >= 15 is 0 Å². The number of nitrogens with zero attached hydrogens (tertiary/aromatic N) is 1. The average Bonchev–Trinajstić information content (AvgIpc) is 2.67. The highest BCUT2D eigenvalue weighted by molar-refractivity contribution is 7.89. The molecule has 6 heteroatoms. The number of ether oxygens (including phenoxy) is 2. The van der Waals surface area contributed by atoms with Crippen LogP contribution in [-0.2, 0) is 29.4 Å². The Hall–Kier alpha value is -2.05. The van der Waals surface area contributed by atoms with Gasteiger partial charge in [-0.05, 0) is 55.0 Å². The Kier molecular flexibility index (Phi) is 6.07. The molecular formula is C21H27NO4S. The molecule has 0 bridgehead atoms. The zero-order chi connectivity index (χ0) is 19.4. The molecule has 146 valence electrons. The second kappa shape index (κ2) is 8.31. The minimum absolute atomic E-state index is 0.0719. The average molecular weight is 390 g/mol. The summed E-state index contributed by atoms with van der Waals surface area (Å²) in [6, 6.07) is 13.8. The van der Waals surface area contributed by atoms with Crippen LogP contribution in [0.25, 0.3) is 0 Å². The van der Waals surface area contributed by atoms with Gasteiger partial charge < -0.3 is 9.47 Å². The minimum atomic E-state index is -3.32. The van der Waals surface area contributed by atoms with E-state index in [1.54, 1.807) is 18.5 Å². The lowest BCUT2D eigenvalue weighted by Crippen LogP contribution is -2.43. The van der Waals surface area contributed by atoms with Gasteiger partial charge in [-0.2, -0.15) is 4.31 Å². The van der Waals surface area contributed by atoms with Crippen molar-refractivity contribution in [2.24, 2.45) is 0 Å². The Morgan fingerprint density at radius 3 is 2.30 bits per heavy atom. The maximum absolute atomic E-state index is 12.9. The molecule has 3 rings (SSSR count). The van der Waals surface area contributed by atoms with E-state index < -0.39 is 10.0 Å². The van der Waals surface area contributed by atoms with Crippen LogP contribution in [0.15, 0.2) is 42.5 Å². The SMILES string of the molecule is COc1cc2c(cc1OC)CN(S(=O)(=O)CCCc1ccccc1)C(C)C2. The van der Waals surface area contributed by atoms with Crippen LogP contribution in [0.4, 0.5) is 0 Å². The Bertz CT molecular complexity index is 881. The van der Waals surface area contributed by atoms with Gasteiger partial charge in [0.05, 0.1) is 20.0 Å². The molecular weight excluding hydrogens is 362 g/mol. The molecule has 27 heavy (non-hydrogen) atoms. The van der Waals surface area contributed by atoms with E-state index in [9.17, 15) is 8.42 Å². The van der Waals surface area contributed by atoms with E-state index in [0.717, 1.165) is 17.5 Å². The van der Waals surface area contributed by atoms with Crippen LogP contribution in [0, 0.1) is 0 Å². The van der Waals surface area contributed by atoms with Gasteiger partial charge in [0.25, 0.3) is 0 Å². The van der Waals surface area contributed by atoms with E-state index in [0.29, 0.717) is 30.9 Å². The molecule has 1 aliphatic rings. The van der Waals surface area contributed by atoms with Crippen LogP contribution in [0.1, 0.15) is 30.0 Å². The first kappa shape index (κ1) is 19.7. The van der Waals surface area contributed by atoms with Gasteiger partial charge in [-0.1, -0.05) is 30.3 Å². The lowest BCUT2D eigenvalue weighted by atomic mass is 9.96. The van der Waals surface area contributed by atoms with E-state index in [1.165, 1.54) is 5.56 Å². The van der Waals surface area contributed by atoms with Gasteiger partial charge in [0.2, 0.25) is 10.0 Å². The lowest BCUT2D eigenvalue weighted by Gasteiger charge is -2.34. The summed E-state index contributed by atoms with van der Waals surface area (Å²) in [5.74, 6) is 1.48. The number of rotatable bonds is 7. The van der Waals surface area contributed by atoms with E-state index in [4.69, 9.17) is 9.47 Å². The maximum Gasteiger partial charge on any atom is 0.214 e. The first-order valence-electron chi connectivity index (χ1n) is 9.22. The molecule has 2 aromatic rings. The molecule has 0 spiro atoms. The highest BCUT2D eigenvalue weighted by Gasteiger charge is 2.32. The molecule has 1 atom stereocenters. The van der Waals surface area contributed by atoms with Crippen LogP contribution in [0.3, 0.4) is 0 Å². The fourth-order valence-electron chi connectivity index (χ4n) is 3.64. The van der Waals surface area contributed by atoms with Crippen molar-refractivity contribution in [3.8, 4) is 11.5 Å². The van der Waals surface area contributed by atoms with E-state index in [1.807, 2.05) is 49.4 Å². The zero-order valence-electron chi connectivity index (χ0n) is 16.1. The van der Waals surface area contributed by atoms with Gasteiger partial charge in [-0.25, -0.2) is 8.42 Å². The fraction of sp³-hybridized carbons (Fsp3) is 0.429. The van der Waals surface area contributed by atoms with Crippen molar-refractivity contribution >= 4 is 10.0 Å². The molecule has 5 nitrogen and oxygen atoms in total. The van der Waals surface area contributed by atoms with Gasteiger partial charge in [0, 0.05) is 12.6 Å². The Morgan fingerprint density at radius 1 is 1.04 bits per heavy atom. The molecule has 0 fully saturated rings. The third-order valence-corrected chi connectivity index (χ3v) is 7.11. The summed E-state index contributed by atoms with van der Waals surface area (Å²) < 4.78 is 38.3. The van der Waals surface area contributed by atoms with Crippen molar-refractivity contribution in [3.63, 3.8) is 0 Å². The number of hydrogen-bond donors (Lipinski definition) is 0. The first-order valence-corrected chi connectivity index (χ1v) is 10.8. The van der Waals surface area contributed by atoms with Crippen LogP contribution in [-0.4, -0.2) is 38.7 Å². The summed E-state index contributed by atoms with van der Waals surface area (Å²) in [6.45, 7) is 2.35. The van der Waals surface area contributed by atoms with Gasteiger partial charge in [0.15, 0.2) is 11.5 Å². The molecule has 1 heterocycles. The molecule has 0 saturated heterocycles. The first-order chi connectivity index (χ1) is 12.9. The molecule has 1 unspecified atom stereocenters. The summed E-state index contributed by atoms with van der Waals surface area (Å²) in [5, 5.41) is 0. The van der Waals surface area contributed by atoms with Crippen LogP contribution in [0.2, 0.25) is 0 Å². The van der Waals surface area contributed by atoms with Crippen molar-refractivity contribution in [3.05, 3.63) is 59.2 Å². The Labute approximate surface area is 162 Å². The highest BCUT2D eigenvalue weighted by Crippen LogP contribution is 2.35. The monoisotopic (exact) mass is 389 g/mol. The molecule has 1 aliphatic heterocycles. The van der Waals surface area contributed by atoms with Crippen LogP contribution >= 0.6 is 0 Å². The highest BCUT2D eigenvalue weighted by atomic mass is 32.2. The summed E-state index contributed by atoms with van der Waals surface area (Å²) in [6.07, 6.45) is 2.06. The second-order valence-corrected chi connectivity index (χ2v) is 9.02. The Morgan fingerprint density at radius 2 is 1.67 bits per heavy atom. The second-order valence-electron chi connectivity index (χ2n) is 6.98. The van der Waals surface area contributed by atoms with Crippen molar-refractivity contribution in [2.45, 2.75) is 38.8 Å². The third kappa shape index (κ3) is 4.45. The van der Waals surface area contributed by atoms with Crippen LogP contribution in [0.5, 0.6) is 11.5 Å². The fourth-order valence-corrected chi connectivity index (χ4v) is 5.34. The minimum Gasteiger partial charge on any atom is -0.493 e. The predicted molar refractivity (Wildman–Crippen MR) is 107 cm³/mol. The summed E-state index contributed by atoms with van der Waals surface area (Å²) in [5.41, 5.74) is 3.27. The van der Waals surface area contributed by atoms with Gasteiger partial charge >= 0.3 is 0 Å². The molecule has 0 saturated carbocycles. The van der Waals surface area contributed by atoms with Crippen LogP contribution < -0.4 is 9.47 Å². The molecule has 2 aromatic carbocycles. The van der Waals surface area contributed by atoms with E-state index in [2.05, 4.69) is 0 Å². The normalized spacial score (nSPS) is 17.4. The number of methoxy groups -OCH3 is 2. The summed E-state index contributed by atoms with van der Waals surface area (Å²) >= 11 is 0. The molecule has 0 aromatic heterocycles. The van der Waals surface area contributed by atoms with Crippen molar-refractivity contribution in [2.75, 3.05) is 20.0 Å². The van der Waals surface area contributed by atoms with Crippen molar-refractivity contribution in [1.29, 1.82) is 0 Å². The summed E-state index contributed by atoms with van der Waals surface area (Å²) in [4.78, 5) is 0. The number of hydrogen-bond acceptors (Lipinski definition) is 4. The number of aryl methyl sites for hydroxylation is 1. The number of fused-ring (bicyclic) bond motifs is 1. The molecule has 0 radical (unpaired) electrons. The zero-order valence-corrected chi connectivity index (χ0v) is 17.0. The van der Waals surface area contributed by atoms with Gasteiger partial charge in [-0.15, -0.1) is 0 Å². The summed E-state index contributed by atoms with van der Waals surface area (Å²) in [7, 11) is -0.117. The largest absolute Gasteiger partial charge is 0.493 e. The van der Waals surface area contributed by atoms with E-state index in [-0.39, 0.29) is 11.8 Å². The topological polar surface area (TPSA) is 55.8 Å². The maximum atomic E-state index is 12.9. The number of benzene rings is 2. The van der Waals surface area contributed by atoms with Crippen molar-refractivity contribution < 1.29 is 17.9 Å². The van der Waals surface area contributed by atoms with Crippen molar-refractivity contribution in [1.82, 2.24) is 4.31 Å². The number of sulfonamides is 1. The molecule has 0 amide bonds. The smallest absolute Gasteiger partial charge is 0.214 e. The van der Waals surface area contributed by atoms with Gasteiger partial charge in [-0.3, -0.25) is 0 Å². The Balaban J connectivity index is 1.73. The quantitative estimate of drug-likeness (QED) is 0.728. The standard InChI is InChI=1S/C21H27NO4S/c1-16-12-18-13-20(25-2)21(26-3)14-19(18)15-22(16)27(23,24)11-7-10-17-8-5-4-6-9-17/h4-6,8-9,13-14,16H,7,10-12,15H2,1-3H3. The third-order valence-electron chi connectivity index (χ3n) is 5.11. The molecule has 0 aliphatic carbocycles. The molecule has 0 N–H and O–H groups in total. The predicted octanol–water partition coefficient (Wildman–Crippen LogP) is 3.41. The lowest BCUT2D eigenvalue weighted by molar-refractivity contribution is 0.304.